The third-order valence-electron chi connectivity index (χ3n) is 9.56. The van der Waals surface area contributed by atoms with Crippen LogP contribution in [0.4, 0.5) is 0 Å². The lowest BCUT2D eigenvalue weighted by molar-refractivity contribution is 0.669. The van der Waals surface area contributed by atoms with Gasteiger partial charge in [-0.25, -0.2) is 0 Å². The highest BCUT2D eigenvalue weighted by Gasteiger charge is 2.17. The van der Waals surface area contributed by atoms with E-state index in [1.165, 1.54) is 21.8 Å². The highest BCUT2D eigenvalue weighted by Crippen LogP contribution is 2.39. The first-order valence-corrected chi connectivity index (χ1v) is 15.7. The van der Waals surface area contributed by atoms with Crippen molar-refractivity contribution in [1.29, 1.82) is 5.26 Å². The van der Waals surface area contributed by atoms with E-state index >= 15 is 0 Å². The van der Waals surface area contributed by atoms with E-state index < -0.39 is 0 Å². The standard InChI is InChI=1S/C43H25N3O/c44-26-29-9-1-5-13-37(29)46-40-16-8-4-12-33(40)34-23-27(17-20-41(34)46)28-18-21-42-35(24-28)36-25-30(19-22-43(36)47-42)45-38-14-6-2-10-31(38)32-11-3-7-15-39(32)45/h1-25H. The van der Waals surface area contributed by atoms with Crippen LogP contribution in [0.15, 0.2) is 156 Å². The van der Waals surface area contributed by atoms with Gasteiger partial charge in [0.1, 0.15) is 17.2 Å². The first-order valence-electron chi connectivity index (χ1n) is 15.7. The summed E-state index contributed by atoms with van der Waals surface area (Å²) >= 11 is 0. The van der Waals surface area contributed by atoms with Crippen molar-refractivity contribution in [3.05, 3.63) is 157 Å². The Balaban J connectivity index is 1.16. The summed E-state index contributed by atoms with van der Waals surface area (Å²) in [6.07, 6.45) is 0. The molecule has 0 atom stereocenters. The smallest absolute Gasteiger partial charge is 0.135 e. The van der Waals surface area contributed by atoms with E-state index in [0.29, 0.717) is 5.56 Å². The number of aromatic nitrogens is 2. The van der Waals surface area contributed by atoms with Gasteiger partial charge >= 0.3 is 0 Å². The van der Waals surface area contributed by atoms with Crippen molar-refractivity contribution in [1.82, 2.24) is 9.13 Å². The molecule has 0 aliphatic carbocycles. The molecular weight excluding hydrogens is 574 g/mol. The van der Waals surface area contributed by atoms with E-state index in [0.717, 1.165) is 66.2 Å². The van der Waals surface area contributed by atoms with Crippen LogP contribution in [0.25, 0.3) is 88.1 Å². The van der Waals surface area contributed by atoms with Crippen molar-refractivity contribution >= 4 is 65.6 Å². The second-order valence-electron chi connectivity index (χ2n) is 12.1. The third kappa shape index (κ3) is 3.69. The number of rotatable bonds is 3. The molecule has 0 aliphatic rings. The Hall–Kier alpha value is -6.57. The monoisotopic (exact) mass is 599 g/mol. The molecule has 0 radical (unpaired) electrons. The van der Waals surface area contributed by atoms with Crippen molar-refractivity contribution in [3.8, 4) is 28.6 Å². The van der Waals surface area contributed by atoms with Gasteiger partial charge in [0.15, 0.2) is 0 Å². The van der Waals surface area contributed by atoms with Crippen LogP contribution in [-0.2, 0) is 0 Å². The molecule has 0 unspecified atom stereocenters. The summed E-state index contributed by atoms with van der Waals surface area (Å²) in [6, 6.07) is 55.4. The van der Waals surface area contributed by atoms with Crippen LogP contribution in [-0.4, -0.2) is 9.13 Å². The zero-order valence-corrected chi connectivity index (χ0v) is 25.2. The average Bonchev–Trinajstić information content (AvgIpc) is 3.78. The molecular formula is C43H25N3O. The topological polar surface area (TPSA) is 46.8 Å². The lowest BCUT2D eigenvalue weighted by Gasteiger charge is -2.10. The number of hydrogen-bond donors (Lipinski definition) is 0. The fourth-order valence-corrected chi connectivity index (χ4v) is 7.46. The molecule has 0 bridgehead atoms. The van der Waals surface area contributed by atoms with Crippen LogP contribution < -0.4 is 0 Å². The summed E-state index contributed by atoms with van der Waals surface area (Å²) in [6.45, 7) is 0. The number of para-hydroxylation sites is 4. The summed E-state index contributed by atoms with van der Waals surface area (Å²) in [5.74, 6) is 0. The van der Waals surface area contributed by atoms with E-state index in [9.17, 15) is 5.26 Å². The predicted octanol–water partition coefficient (Wildman–Crippen LogP) is 11.3. The lowest BCUT2D eigenvalue weighted by atomic mass is 10.0. The van der Waals surface area contributed by atoms with Crippen LogP contribution in [0.3, 0.4) is 0 Å². The summed E-state index contributed by atoms with van der Waals surface area (Å²) in [4.78, 5) is 0. The molecule has 0 aliphatic heterocycles. The highest BCUT2D eigenvalue weighted by molar-refractivity contribution is 6.12. The maximum Gasteiger partial charge on any atom is 0.135 e. The molecule has 0 saturated carbocycles. The van der Waals surface area contributed by atoms with Gasteiger partial charge in [-0.2, -0.15) is 5.26 Å². The number of benzene rings is 7. The summed E-state index contributed by atoms with van der Waals surface area (Å²) in [7, 11) is 0. The summed E-state index contributed by atoms with van der Waals surface area (Å²) < 4.78 is 10.9. The Labute approximate surface area is 269 Å². The minimum atomic E-state index is 0.650. The Morgan fingerprint density at radius 3 is 1.64 bits per heavy atom. The van der Waals surface area contributed by atoms with Gasteiger partial charge in [-0.3, -0.25) is 0 Å². The van der Waals surface area contributed by atoms with Crippen LogP contribution in [0.1, 0.15) is 5.56 Å². The van der Waals surface area contributed by atoms with Gasteiger partial charge in [-0.15, -0.1) is 0 Å². The molecule has 3 heterocycles. The Bertz CT molecular complexity index is 2880. The second-order valence-corrected chi connectivity index (χ2v) is 12.1. The van der Waals surface area contributed by atoms with Crippen molar-refractivity contribution in [3.63, 3.8) is 0 Å². The van der Waals surface area contributed by atoms with E-state index in [2.05, 4.69) is 143 Å². The SMILES string of the molecule is N#Cc1ccccc1-n1c2ccccc2c2cc(-c3ccc4oc5ccc(-n6c7ccccc7c7ccccc76)cc5c4c3)ccc21. The molecule has 47 heavy (non-hydrogen) atoms. The first kappa shape index (κ1) is 25.7. The Kier molecular flexibility index (Phi) is 5.32. The molecule has 218 valence electrons. The van der Waals surface area contributed by atoms with Gasteiger partial charge in [-0.05, 0) is 83.9 Å². The molecule has 10 rings (SSSR count). The van der Waals surface area contributed by atoms with E-state index in [1.807, 2.05) is 24.3 Å². The number of furan rings is 1. The maximum atomic E-state index is 9.89. The van der Waals surface area contributed by atoms with E-state index in [4.69, 9.17) is 4.42 Å². The predicted molar refractivity (Wildman–Crippen MR) is 193 cm³/mol. The molecule has 0 spiro atoms. The average molecular weight is 600 g/mol. The molecule has 0 saturated heterocycles. The number of fused-ring (bicyclic) bond motifs is 9. The highest BCUT2D eigenvalue weighted by atomic mass is 16.3. The summed E-state index contributed by atoms with van der Waals surface area (Å²) in [5, 5.41) is 16.9. The molecule has 7 aromatic carbocycles. The molecule has 3 aromatic heterocycles. The third-order valence-corrected chi connectivity index (χ3v) is 9.56. The second kappa shape index (κ2) is 9.71. The van der Waals surface area contributed by atoms with Crippen LogP contribution >= 0.6 is 0 Å². The van der Waals surface area contributed by atoms with Gasteiger partial charge in [0.2, 0.25) is 0 Å². The number of hydrogen-bond acceptors (Lipinski definition) is 2. The lowest BCUT2D eigenvalue weighted by Crippen LogP contribution is -1.96. The van der Waals surface area contributed by atoms with Crippen molar-refractivity contribution in [2.75, 3.05) is 0 Å². The van der Waals surface area contributed by atoms with Gasteiger partial charge in [0.05, 0.1) is 33.3 Å². The fraction of sp³-hybridized carbons (Fsp3) is 0. The van der Waals surface area contributed by atoms with Crippen LogP contribution in [0.2, 0.25) is 0 Å². The first-order chi connectivity index (χ1) is 23.3. The minimum Gasteiger partial charge on any atom is -0.456 e. The van der Waals surface area contributed by atoms with Gasteiger partial charge in [-0.1, -0.05) is 78.9 Å². The zero-order valence-electron chi connectivity index (χ0n) is 25.2. The Morgan fingerprint density at radius 1 is 0.426 bits per heavy atom. The molecule has 4 heteroatoms. The fourth-order valence-electron chi connectivity index (χ4n) is 7.46. The van der Waals surface area contributed by atoms with Gasteiger partial charge < -0.3 is 13.6 Å². The molecule has 4 nitrogen and oxygen atoms in total. The van der Waals surface area contributed by atoms with Crippen molar-refractivity contribution < 1.29 is 4.42 Å². The quantitative estimate of drug-likeness (QED) is 0.203. The van der Waals surface area contributed by atoms with E-state index in [1.54, 1.807) is 0 Å². The number of nitrogens with zero attached hydrogens (tertiary/aromatic N) is 3. The molecule has 10 aromatic rings. The van der Waals surface area contributed by atoms with Crippen LogP contribution in [0, 0.1) is 11.3 Å². The van der Waals surface area contributed by atoms with Crippen LogP contribution in [0.5, 0.6) is 0 Å². The Morgan fingerprint density at radius 2 is 0.936 bits per heavy atom. The van der Waals surface area contributed by atoms with Gasteiger partial charge in [0, 0.05) is 38.0 Å². The van der Waals surface area contributed by atoms with Crippen molar-refractivity contribution in [2.45, 2.75) is 0 Å². The maximum absolute atomic E-state index is 9.89. The molecule has 0 fully saturated rings. The van der Waals surface area contributed by atoms with Gasteiger partial charge in [0.25, 0.3) is 0 Å². The molecule has 0 amide bonds. The minimum absolute atomic E-state index is 0.650. The summed E-state index contributed by atoms with van der Waals surface area (Å²) in [5.41, 5.74) is 11.2. The largest absolute Gasteiger partial charge is 0.456 e. The normalized spacial score (nSPS) is 11.8. The molecule has 0 N–H and O–H groups in total. The number of nitriles is 1. The zero-order chi connectivity index (χ0) is 31.1. The van der Waals surface area contributed by atoms with Crippen molar-refractivity contribution in [2.24, 2.45) is 0 Å². The van der Waals surface area contributed by atoms with E-state index in [-0.39, 0.29) is 0 Å².